The van der Waals surface area contributed by atoms with Crippen LogP contribution in [0.5, 0.6) is 0 Å². The van der Waals surface area contributed by atoms with Crippen molar-refractivity contribution < 1.29 is 0 Å². The summed E-state index contributed by atoms with van der Waals surface area (Å²) in [4.78, 5) is 18.3. The molecule has 0 radical (unpaired) electrons. The average Bonchev–Trinajstić information content (AvgIpc) is 3.51. The van der Waals surface area contributed by atoms with Gasteiger partial charge in [0, 0.05) is 43.2 Å². The third kappa shape index (κ3) is 2.79. The van der Waals surface area contributed by atoms with Gasteiger partial charge < -0.3 is 4.40 Å². The minimum absolute atomic E-state index is 1.01. The molecule has 0 saturated carbocycles. The van der Waals surface area contributed by atoms with Crippen LogP contribution in [-0.4, -0.2) is 19.4 Å². The number of aromatic nitrogens is 4. The molecular weight excluding hydrogens is 484 g/mol. The van der Waals surface area contributed by atoms with E-state index in [1.165, 1.54) is 25.5 Å². The van der Waals surface area contributed by atoms with Crippen LogP contribution in [-0.2, 0) is 0 Å². The van der Waals surface area contributed by atoms with Crippen LogP contribution in [0.15, 0.2) is 154 Å². The van der Waals surface area contributed by atoms with Crippen molar-refractivity contribution >= 4 is 48.3 Å². The van der Waals surface area contributed by atoms with Crippen LogP contribution < -0.4 is 0 Å². The van der Waals surface area contributed by atoms with E-state index >= 15 is 0 Å². The van der Waals surface area contributed by atoms with Crippen molar-refractivity contribution in [2.45, 2.75) is 19.7 Å². The maximum atomic E-state index is 5.58. The topological polar surface area (TPSA) is 43.1 Å². The predicted octanol–water partition coefficient (Wildman–Crippen LogP) is 8.36. The molecule has 5 heteroatoms. The van der Waals surface area contributed by atoms with E-state index in [0.29, 0.717) is 0 Å². The zero-order valence-corrected chi connectivity index (χ0v) is 21.2. The summed E-state index contributed by atoms with van der Waals surface area (Å²) < 4.78 is 2.27. The van der Waals surface area contributed by atoms with Gasteiger partial charge >= 0.3 is 0 Å². The fourth-order valence-electron chi connectivity index (χ4n) is 5.86. The molecule has 4 nitrogen and oxygen atoms in total. The summed E-state index contributed by atoms with van der Waals surface area (Å²) in [5.74, 6) is 0. The van der Waals surface area contributed by atoms with Gasteiger partial charge in [0.25, 0.3) is 0 Å². The van der Waals surface area contributed by atoms with Crippen molar-refractivity contribution in [1.29, 1.82) is 0 Å². The van der Waals surface area contributed by atoms with Crippen molar-refractivity contribution in [2.75, 3.05) is 0 Å². The largest absolute Gasteiger partial charge is 0.303 e. The van der Waals surface area contributed by atoms with Crippen LogP contribution in [0, 0.1) is 0 Å². The molecule has 0 spiro atoms. The number of nitrogens with zero attached hydrogens (tertiary/aromatic N) is 4. The fraction of sp³-hybridized carbons (Fsp3) is 0. The summed E-state index contributed by atoms with van der Waals surface area (Å²) >= 11 is 0. The third-order valence-corrected chi connectivity index (χ3v) is 11.2. The number of hydrogen-bond acceptors (Lipinski definition) is 3. The summed E-state index contributed by atoms with van der Waals surface area (Å²) in [7, 11) is -1.91. The molecule has 0 amide bonds. The van der Waals surface area contributed by atoms with Gasteiger partial charge in [-0.15, -0.1) is 10.0 Å². The molecule has 5 heterocycles. The van der Waals surface area contributed by atoms with Gasteiger partial charge in [-0.3, -0.25) is 9.97 Å². The summed E-state index contributed by atoms with van der Waals surface area (Å²) in [6.45, 7) is 0. The van der Waals surface area contributed by atoms with Gasteiger partial charge in [-0.1, -0.05) is 54.6 Å². The lowest BCUT2D eigenvalue weighted by atomic mass is 10.2. The Balaban J connectivity index is 1.62. The fourth-order valence-corrected chi connectivity index (χ4v) is 9.62. The summed E-state index contributed by atoms with van der Waals surface area (Å²) in [6, 6.07) is 39.2. The molecule has 0 bridgehead atoms. The van der Waals surface area contributed by atoms with Gasteiger partial charge in [0.05, 0.1) is 39.5 Å². The molecule has 38 heavy (non-hydrogen) atoms. The summed E-state index contributed by atoms with van der Waals surface area (Å²) in [6.07, 6.45) is 7.63. The van der Waals surface area contributed by atoms with E-state index in [4.69, 9.17) is 4.98 Å². The molecule has 180 valence electrons. The van der Waals surface area contributed by atoms with E-state index < -0.39 is 10.0 Å². The smallest absolute Gasteiger partial charge is 0.0984 e. The van der Waals surface area contributed by atoms with E-state index in [0.717, 1.165) is 32.5 Å². The normalized spacial score (nSPS) is 12.6. The summed E-state index contributed by atoms with van der Waals surface area (Å²) in [5.41, 5.74) is 4.27. The molecule has 0 aliphatic heterocycles. The van der Waals surface area contributed by atoms with Gasteiger partial charge in [-0.25, -0.2) is 4.98 Å². The molecule has 8 rings (SSSR count). The maximum Gasteiger partial charge on any atom is 0.0984 e. The molecule has 5 aromatic heterocycles. The Morgan fingerprint density at radius 3 is 1.58 bits per heavy atom. The van der Waals surface area contributed by atoms with Crippen molar-refractivity contribution in [1.82, 2.24) is 19.4 Å². The van der Waals surface area contributed by atoms with Crippen molar-refractivity contribution in [3.63, 3.8) is 0 Å². The van der Waals surface area contributed by atoms with Crippen LogP contribution in [0.25, 0.3) is 38.2 Å². The van der Waals surface area contributed by atoms with Gasteiger partial charge in [0.15, 0.2) is 0 Å². The summed E-state index contributed by atoms with van der Waals surface area (Å²) in [5, 5.41) is 4.55. The van der Waals surface area contributed by atoms with E-state index in [1.807, 2.05) is 24.8 Å². The molecule has 0 N–H and O–H groups in total. The Labute approximate surface area is 220 Å². The second kappa shape index (κ2) is 8.13. The molecule has 0 atom stereocenters. The second-order valence-corrected chi connectivity index (χ2v) is 12.4. The SMILES string of the molecule is c1ccc(S(c2ccccc2)(c2ccccc2)c2cc3c4ccncc4n4c5cnccc5c(n2)c34)cc1. The molecule has 8 aromatic rings. The van der Waals surface area contributed by atoms with E-state index in [2.05, 4.69) is 124 Å². The molecule has 0 saturated heterocycles. The number of fused-ring (bicyclic) bond motifs is 6. The number of benzene rings is 3. The lowest BCUT2D eigenvalue weighted by Crippen LogP contribution is -2.07. The molecule has 3 aromatic carbocycles. The van der Waals surface area contributed by atoms with E-state index in [-0.39, 0.29) is 0 Å². The van der Waals surface area contributed by atoms with Crippen molar-refractivity contribution in [3.05, 3.63) is 134 Å². The Morgan fingerprint density at radius 2 is 1.03 bits per heavy atom. The van der Waals surface area contributed by atoms with Crippen LogP contribution in [0.2, 0.25) is 0 Å². The van der Waals surface area contributed by atoms with Gasteiger partial charge in [0.2, 0.25) is 0 Å². The Bertz CT molecular complexity index is 1890. The third-order valence-electron chi connectivity index (χ3n) is 7.42. The molecule has 0 fully saturated rings. The Morgan fingerprint density at radius 1 is 0.526 bits per heavy atom. The van der Waals surface area contributed by atoms with Gasteiger partial charge in [0.1, 0.15) is 0 Å². The van der Waals surface area contributed by atoms with Crippen LogP contribution in [0.4, 0.5) is 0 Å². The zero-order valence-electron chi connectivity index (χ0n) is 20.4. The Kier molecular flexibility index (Phi) is 4.57. The quantitative estimate of drug-likeness (QED) is 0.241. The lowest BCUT2D eigenvalue weighted by molar-refractivity contribution is 1.13. The predicted molar refractivity (Wildman–Crippen MR) is 154 cm³/mol. The minimum atomic E-state index is -1.91. The number of pyridine rings is 3. The van der Waals surface area contributed by atoms with Crippen LogP contribution in [0.3, 0.4) is 0 Å². The molecular formula is C33H22N4S. The molecule has 0 unspecified atom stereocenters. The molecule has 0 aliphatic rings. The highest BCUT2D eigenvalue weighted by Gasteiger charge is 2.36. The highest BCUT2D eigenvalue weighted by molar-refractivity contribution is 8.33. The van der Waals surface area contributed by atoms with E-state index in [1.54, 1.807) is 0 Å². The second-order valence-electron chi connectivity index (χ2n) is 9.38. The standard InChI is InChI=1S/C33H22N4S/c1-4-10-23(11-5-1)38(24-12-6-2-7-13-24,25-14-8-3-9-15-25)31-20-28-26-16-18-34-21-29(26)37-30-22-35-19-17-27(30)32(36-31)33(28)37/h1-22H. The maximum absolute atomic E-state index is 5.58. The van der Waals surface area contributed by atoms with Gasteiger partial charge in [-0.05, 0) is 54.6 Å². The average molecular weight is 507 g/mol. The van der Waals surface area contributed by atoms with Crippen LogP contribution in [0.1, 0.15) is 0 Å². The lowest BCUT2D eigenvalue weighted by Gasteiger charge is -2.41. The van der Waals surface area contributed by atoms with E-state index in [9.17, 15) is 0 Å². The number of rotatable bonds is 4. The first kappa shape index (κ1) is 21.4. The number of hydrogen-bond donors (Lipinski definition) is 0. The minimum Gasteiger partial charge on any atom is -0.303 e. The highest BCUT2D eigenvalue weighted by atomic mass is 32.3. The Hall–Kier alpha value is -4.74. The van der Waals surface area contributed by atoms with Crippen molar-refractivity contribution in [3.8, 4) is 0 Å². The van der Waals surface area contributed by atoms with Crippen LogP contribution >= 0.6 is 10.0 Å². The zero-order chi connectivity index (χ0) is 25.1. The first-order chi connectivity index (χ1) is 18.9. The molecule has 0 aliphatic carbocycles. The van der Waals surface area contributed by atoms with Crippen molar-refractivity contribution in [2.24, 2.45) is 0 Å². The van der Waals surface area contributed by atoms with Gasteiger partial charge in [-0.2, -0.15) is 0 Å². The monoisotopic (exact) mass is 506 g/mol. The first-order valence-corrected chi connectivity index (χ1v) is 14.2. The highest BCUT2D eigenvalue weighted by Crippen LogP contribution is 2.73. The first-order valence-electron chi connectivity index (χ1n) is 12.6.